The van der Waals surface area contributed by atoms with Gasteiger partial charge in [0, 0.05) is 25.0 Å². The van der Waals surface area contributed by atoms with Crippen molar-refractivity contribution >= 4 is 23.3 Å². The summed E-state index contributed by atoms with van der Waals surface area (Å²) in [6, 6.07) is 2.77. The lowest BCUT2D eigenvalue weighted by Crippen LogP contribution is -2.13. The summed E-state index contributed by atoms with van der Waals surface area (Å²) in [5.41, 5.74) is -0.642. The number of nitro groups is 1. The lowest BCUT2D eigenvalue weighted by atomic mass is 10.2. The number of nitrogens with zero attached hydrogens (tertiary/aromatic N) is 1. The number of non-ortho nitro benzene ring substituents is 1. The number of hydrogen-bond acceptors (Lipinski definition) is 4. The Kier molecular flexibility index (Phi) is 4.92. The van der Waals surface area contributed by atoms with Crippen LogP contribution < -0.4 is 5.32 Å². The van der Waals surface area contributed by atoms with Gasteiger partial charge in [0.1, 0.15) is 5.82 Å². The SMILES string of the molecule is O=C(O)CCCC(=O)Nc1cc([N+](=O)[O-])ccc1F. The smallest absolute Gasteiger partial charge is 0.303 e. The first kappa shape index (κ1) is 14.6. The third kappa shape index (κ3) is 4.70. The number of benzene rings is 1. The van der Waals surface area contributed by atoms with Crippen LogP contribution in [0.5, 0.6) is 0 Å². The quantitative estimate of drug-likeness (QED) is 0.606. The summed E-state index contributed by atoms with van der Waals surface area (Å²) in [6.45, 7) is 0. The van der Waals surface area contributed by atoms with Crippen molar-refractivity contribution in [2.75, 3.05) is 5.32 Å². The fraction of sp³-hybridized carbons (Fsp3) is 0.273. The minimum Gasteiger partial charge on any atom is -0.481 e. The molecular weight excluding hydrogens is 259 g/mol. The van der Waals surface area contributed by atoms with Crippen molar-refractivity contribution in [1.29, 1.82) is 0 Å². The third-order valence-electron chi connectivity index (χ3n) is 2.23. The Hall–Kier alpha value is -2.51. The Balaban J connectivity index is 2.65. The average molecular weight is 270 g/mol. The first-order valence-corrected chi connectivity index (χ1v) is 5.35. The number of carbonyl (C=O) groups excluding carboxylic acids is 1. The molecule has 0 atom stereocenters. The molecule has 1 rings (SSSR count). The molecule has 0 aliphatic carbocycles. The molecule has 0 saturated carbocycles. The van der Waals surface area contributed by atoms with E-state index in [1.807, 2.05) is 0 Å². The molecule has 0 heterocycles. The van der Waals surface area contributed by atoms with Gasteiger partial charge in [0.15, 0.2) is 0 Å². The predicted octanol–water partition coefficient (Wildman–Crippen LogP) is 1.93. The standard InChI is InChI=1S/C11H11FN2O5/c12-8-5-4-7(14(18)19)6-9(8)13-10(15)2-1-3-11(16)17/h4-6H,1-3H2,(H,13,15)(H,16,17). The highest BCUT2D eigenvalue weighted by Crippen LogP contribution is 2.21. The number of anilines is 1. The summed E-state index contributed by atoms with van der Waals surface area (Å²) >= 11 is 0. The first-order chi connectivity index (χ1) is 8.90. The van der Waals surface area contributed by atoms with Gasteiger partial charge in [0.25, 0.3) is 5.69 Å². The van der Waals surface area contributed by atoms with Crippen molar-refractivity contribution in [2.24, 2.45) is 0 Å². The number of hydrogen-bond donors (Lipinski definition) is 2. The molecule has 0 aliphatic rings. The van der Waals surface area contributed by atoms with E-state index in [1.165, 1.54) is 0 Å². The Bertz CT molecular complexity index is 518. The van der Waals surface area contributed by atoms with Crippen LogP contribution in [-0.2, 0) is 9.59 Å². The van der Waals surface area contributed by atoms with Gasteiger partial charge < -0.3 is 10.4 Å². The molecule has 0 radical (unpaired) electrons. The lowest BCUT2D eigenvalue weighted by molar-refractivity contribution is -0.384. The van der Waals surface area contributed by atoms with Crippen molar-refractivity contribution in [3.8, 4) is 0 Å². The van der Waals surface area contributed by atoms with Crippen LogP contribution in [0.25, 0.3) is 0 Å². The first-order valence-electron chi connectivity index (χ1n) is 5.35. The maximum absolute atomic E-state index is 13.3. The summed E-state index contributed by atoms with van der Waals surface area (Å²) in [5, 5.41) is 21.1. The second kappa shape index (κ2) is 6.43. The zero-order valence-corrected chi connectivity index (χ0v) is 9.76. The van der Waals surface area contributed by atoms with E-state index in [4.69, 9.17) is 5.11 Å². The summed E-state index contributed by atoms with van der Waals surface area (Å²) in [7, 11) is 0. The van der Waals surface area contributed by atoms with Gasteiger partial charge >= 0.3 is 5.97 Å². The van der Waals surface area contributed by atoms with Crippen molar-refractivity contribution in [3.63, 3.8) is 0 Å². The largest absolute Gasteiger partial charge is 0.481 e. The molecule has 7 nitrogen and oxygen atoms in total. The number of rotatable bonds is 6. The van der Waals surface area contributed by atoms with E-state index >= 15 is 0 Å². The number of carboxylic acids is 1. The molecule has 102 valence electrons. The number of amides is 1. The molecule has 0 unspecified atom stereocenters. The van der Waals surface area contributed by atoms with Crippen LogP contribution in [0.4, 0.5) is 15.8 Å². The second-order valence-electron chi connectivity index (χ2n) is 3.72. The normalized spacial score (nSPS) is 9.95. The number of carbonyl (C=O) groups is 2. The van der Waals surface area contributed by atoms with Crippen LogP contribution in [0, 0.1) is 15.9 Å². The molecule has 0 fully saturated rings. The third-order valence-corrected chi connectivity index (χ3v) is 2.23. The van der Waals surface area contributed by atoms with Crippen molar-refractivity contribution in [1.82, 2.24) is 0 Å². The van der Waals surface area contributed by atoms with E-state index in [0.29, 0.717) is 0 Å². The van der Waals surface area contributed by atoms with E-state index in [0.717, 1.165) is 18.2 Å². The van der Waals surface area contributed by atoms with Crippen LogP contribution in [-0.4, -0.2) is 21.9 Å². The summed E-state index contributed by atoms with van der Waals surface area (Å²) in [6.07, 6.45) is -0.170. The molecule has 19 heavy (non-hydrogen) atoms. The number of nitrogens with one attached hydrogen (secondary N) is 1. The van der Waals surface area contributed by atoms with E-state index in [-0.39, 0.29) is 30.6 Å². The molecule has 0 aromatic heterocycles. The van der Waals surface area contributed by atoms with E-state index in [2.05, 4.69) is 5.32 Å². The maximum atomic E-state index is 13.3. The van der Waals surface area contributed by atoms with Gasteiger partial charge in [-0.3, -0.25) is 19.7 Å². The van der Waals surface area contributed by atoms with Crippen LogP contribution in [0.15, 0.2) is 18.2 Å². The lowest BCUT2D eigenvalue weighted by Gasteiger charge is -2.05. The van der Waals surface area contributed by atoms with Gasteiger partial charge in [0.05, 0.1) is 10.6 Å². The molecule has 1 aromatic carbocycles. The number of nitro benzene ring substituents is 1. The molecule has 1 amide bonds. The highest BCUT2D eigenvalue weighted by molar-refractivity contribution is 5.91. The number of halogens is 1. The number of carboxylic acid groups (broad SMARTS) is 1. The van der Waals surface area contributed by atoms with Gasteiger partial charge in [-0.2, -0.15) is 0 Å². The Labute approximate surface area is 107 Å². The molecule has 2 N–H and O–H groups in total. The Morgan fingerprint density at radius 2 is 2.05 bits per heavy atom. The topological polar surface area (TPSA) is 110 Å². The van der Waals surface area contributed by atoms with Crippen LogP contribution in [0.1, 0.15) is 19.3 Å². The van der Waals surface area contributed by atoms with Gasteiger partial charge in [-0.15, -0.1) is 0 Å². The Morgan fingerprint density at radius 1 is 1.37 bits per heavy atom. The molecule has 0 saturated heterocycles. The van der Waals surface area contributed by atoms with Crippen molar-refractivity contribution < 1.29 is 24.0 Å². The predicted molar refractivity (Wildman–Crippen MR) is 63.2 cm³/mol. The van der Waals surface area contributed by atoms with Crippen LogP contribution in [0.2, 0.25) is 0 Å². The average Bonchev–Trinajstić information content (AvgIpc) is 2.31. The zero-order chi connectivity index (χ0) is 14.4. The minimum atomic E-state index is -1.03. The number of aliphatic carboxylic acids is 1. The van der Waals surface area contributed by atoms with Gasteiger partial charge in [-0.05, 0) is 12.5 Å². The molecule has 0 bridgehead atoms. The molecule has 8 heteroatoms. The highest BCUT2D eigenvalue weighted by Gasteiger charge is 2.13. The van der Waals surface area contributed by atoms with Gasteiger partial charge in [-0.25, -0.2) is 4.39 Å². The molecule has 0 spiro atoms. The molecule has 1 aromatic rings. The van der Waals surface area contributed by atoms with Crippen molar-refractivity contribution in [2.45, 2.75) is 19.3 Å². The second-order valence-corrected chi connectivity index (χ2v) is 3.72. The van der Waals surface area contributed by atoms with E-state index in [9.17, 15) is 24.1 Å². The monoisotopic (exact) mass is 270 g/mol. The van der Waals surface area contributed by atoms with Gasteiger partial charge in [0.2, 0.25) is 5.91 Å². The zero-order valence-electron chi connectivity index (χ0n) is 9.76. The van der Waals surface area contributed by atoms with Crippen molar-refractivity contribution in [3.05, 3.63) is 34.1 Å². The maximum Gasteiger partial charge on any atom is 0.303 e. The van der Waals surface area contributed by atoms with E-state index in [1.54, 1.807) is 0 Å². The minimum absolute atomic E-state index is 0.103. The fourth-order valence-corrected chi connectivity index (χ4v) is 1.34. The highest BCUT2D eigenvalue weighted by atomic mass is 19.1. The summed E-state index contributed by atoms with van der Waals surface area (Å²) in [4.78, 5) is 31.4. The van der Waals surface area contributed by atoms with Gasteiger partial charge in [-0.1, -0.05) is 0 Å². The Morgan fingerprint density at radius 3 is 2.63 bits per heavy atom. The molecular formula is C11H11FN2O5. The van der Waals surface area contributed by atoms with Crippen LogP contribution in [0.3, 0.4) is 0 Å². The van der Waals surface area contributed by atoms with Crippen LogP contribution >= 0.6 is 0 Å². The molecule has 0 aliphatic heterocycles. The van der Waals surface area contributed by atoms with E-state index < -0.39 is 22.6 Å². The fourth-order valence-electron chi connectivity index (χ4n) is 1.34. The summed E-state index contributed by atoms with van der Waals surface area (Å²) in [5.74, 6) is -2.42. The summed E-state index contributed by atoms with van der Waals surface area (Å²) < 4.78 is 13.3.